The molecule has 0 aliphatic rings. The second-order valence-electron chi connectivity index (χ2n) is 2.81. The van der Waals surface area contributed by atoms with Crippen molar-refractivity contribution < 1.29 is 0 Å². The van der Waals surface area contributed by atoms with Crippen LogP contribution in [0, 0.1) is 0 Å². The van der Waals surface area contributed by atoms with Crippen LogP contribution >= 0.6 is 11.3 Å². The number of aromatic nitrogens is 4. The highest BCUT2D eigenvalue weighted by Crippen LogP contribution is 2.25. The van der Waals surface area contributed by atoms with Crippen LogP contribution in [-0.2, 0) is 0 Å². The molecule has 0 radical (unpaired) electrons. The van der Waals surface area contributed by atoms with E-state index in [1.807, 2.05) is 44.0 Å². The van der Waals surface area contributed by atoms with E-state index in [4.69, 9.17) is 0 Å². The quantitative estimate of drug-likeness (QED) is 0.648. The summed E-state index contributed by atoms with van der Waals surface area (Å²) >= 11 is 1.59. The monoisotopic (exact) mass is 232 g/mol. The summed E-state index contributed by atoms with van der Waals surface area (Å²) in [5, 5.41) is 4.21. The molecule has 0 aromatic carbocycles. The third kappa shape index (κ3) is 1.81. The first-order valence-corrected chi connectivity index (χ1v) is 6.00. The second-order valence-corrected chi connectivity index (χ2v) is 3.70. The van der Waals surface area contributed by atoms with E-state index in [0.717, 1.165) is 16.1 Å². The molecule has 0 aliphatic heterocycles. The zero-order valence-electron chi connectivity index (χ0n) is 9.16. The van der Waals surface area contributed by atoms with Crippen molar-refractivity contribution in [2.45, 2.75) is 13.8 Å². The minimum atomic E-state index is 0.872. The molecule has 0 saturated heterocycles. The number of thiazole rings is 1. The largest absolute Gasteiger partial charge is 0.252 e. The SMILES string of the molecule is CC.c1cnc2c(-c3cncs3)cnn2c1. The molecule has 0 unspecified atom stereocenters. The molecule has 0 amide bonds. The Kier molecular flexibility index (Phi) is 3.26. The van der Waals surface area contributed by atoms with E-state index < -0.39 is 0 Å². The predicted molar refractivity (Wildman–Crippen MR) is 65.4 cm³/mol. The van der Waals surface area contributed by atoms with Crippen molar-refractivity contribution in [3.8, 4) is 10.4 Å². The van der Waals surface area contributed by atoms with E-state index in [-0.39, 0.29) is 0 Å². The lowest BCUT2D eigenvalue weighted by atomic mass is 10.3. The molecular weight excluding hydrogens is 220 g/mol. The first-order chi connectivity index (χ1) is 7.95. The fraction of sp³-hybridized carbons (Fsp3) is 0.182. The molecule has 0 fully saturated rings. The number of hydrogen-bond acceptors (Lipinski definition) is 4. The Bertz CT molecular complexity index is 556. The lowest BCUT2D eigenvalue weighted by molar-refractivity contribution is 0.939. The Morgan fingerprint density at radius 3 is 2.88 bits per heavy atom. The highest BCUT2D eigenvalue weighted by molar-refractivity contribution is 7.13. The van der Waals surface area contributed by atoms with Gasteiger partial charge in [0.1, 0.15) is 0 Å². The van der Waals surface area contributed by atoms with Crippen molar-refractivity contribution in [2.75, 3.05) is 0 Å². The average Bonchev–Trinajstić information content (AvgIpc) is 3.00. The van der Waals surface area contributed by atoms with Crippen molar-refractivity contribution in [2.24, 2.45) is 0 Å². The fourth-order valence-corrected chi connectivity index (χ4v) is 1.98. The Hall–Kier alpha value is -1.75. The molecule has 3 heterocycles. The summed E-state index contributed by atoms with van der Waals surface area (Å²) in [6.07, 6.45) is 7.29. The van der Waals surface area contributed by atoms with Crippen LogP contribution in [0.25, 0.3) is 16.1 Å². The van der Waals surface area contributed by atoms with E-state index in [0.29, 0.717) is 0 Å². The van der Waals surface area contributed by atoms with Crippen LogP contribution in [0.15, 0.2) is 36.4 Å². The van der Waals surface area contributed by atoms with E-state index in [1.54, 1.807) is 22.0 Å². The Labute approximate surface area is 97.6 Å². The van der Waals surface area contributed by atoms with Gasteiger partial charge in [-0.1, -0.05) is 13.8 Å². The summed E-state index contributed by atoms with van der Waals surface area (Å²) in [5.74, 6) is 0. The Balaban J connectivity index is 0.000000457. The Morgan fingerprint density at radius 2 is 2.12 bits per heavy atom. The summed E-state index contributed by atoms with van der Waals surface area (Å²) in [5.41, 5.74) is 3.71. The van der Waals surface area contributed by atoms with Crippen LogP contribution in [-0.4, -0.2) is 19.6 Å². The average molecular weight is 232 g/mol. The summed E-state index contributed by atoms with van der Waals surface area (Å²) in [7, 11) is 0. The van der Waals surface area contributed by atoms with Crippen LogP contribution in [0.2, 0.25) is 0 Å². The predicted octanol–water partition coefficient (Wildman–Crippen LogP) is 2.88. The third-order valence-corrected chi connectivity index (χ3v) is 2.78. The van der Waals surface area contributed by atoms with E-state index >= 15 is 0 Å². The van der Waals surface area contributed by atoms with Gasteiger partial charge in [-0.3, -0.25) is 4.98 Å². The molecule has 5 heteroatoms. The van der Waals surface area contributed by atoms with E-state index in [2.05, 4.69) is 15.1 Å². The van der Waals surface area contributed by atoms with Crippen LogP contribution in [0.3, 0.4) is 0 Å². The molecule has 0 N–H and O–H groups in total. The minimum absolute atomic E-state index is 0.872. The number of fused-ring (bicyclic) bond motifs is 1. The van der Waals surface area contributed by atoms with Gasteiger partial charge in [-0.2, -0.15) is 5.10 Å². The molecule has 3 aromatic rings. The van der Waals surface area contributed by atoms with Crippen molar-refractivity contribution in [1.29, 1.82) is 0 Å². The lowest BCUT2D eigenvalue weighted by Gasteiger charge is -1.92. The first kappa shape index (κ1) is 10.8. The summed E-state index contributed by atoms with van der Waals surface area (Å²) in [6.45, 7) is 4.00. The first-order valence-electron chi connectivity index (χ1n) is 5.12. The van der Waals surface area contributed by atoms with E-state index in [9.17, 15) is 0 Å². The molecule has 82 valence electrons. The zero-order chi connectivity index (χ0) is 11.4. The second kappa shape index (κ2) is 4.85. The van der Waals surface area contributed by atoms with Crippen molar-refractivity contribution in [3.63, 3.8) is 0 Å². The molecule has 0 saturated carbocycles. The number of nitrogens with zero attached hydrogens (tertiary/aromatic N) is 4. The van der Waals surface area contributed by atoms with Gasteiger partial charge < -0.3 is 0 Å². The van der Waals surface area contributed by atoms with E-state index in [1.165, 1.54) is 0 Å². The lowest BCUT2D eigenvalue weighted by Crippen LogP contribution is -1.86. The standard InChI is InChI=1S/C9H6N4S.C2H6/c1-2-11-9-7(4-12-13(9)3-1)8-5-10-6-14-8;1-2/h1-6H;1-2H3. The van der Waals surface area contributed by atoms with Crippen LogP contribution in [0.5, 0.6) is 0 Å². The normalized spacial score (nSPS) is 9.88. The summed E-state index contributed by atoms with van der Waals surface area (Å²) in [4.78, 5) is 9.41. The number of hydrogen-bond donors (Lipinski definition) is 0. The topological polar surface area (TPSA) is 43.1 Å². The number of rotatable bonds is 1. The molecule has 0 aliphatic carbocycles. The van der Waals surface area contributed by atoms with Gasteiger partial charge in [0.25, 0.3) is 0 Å². The van der Waals surface area contributed by atoms with Crippen molar-refractivity contribution in [3.05, 3.63) is 36.4 Å². The van der Waals surface area contributed by atoms with Crippen LogP contribution < -0.4 is 0 Å². The maximum atomic E-state index is 4.28. The molecule has 16 heavy (non-hydrogen) atoms. The highest BCUT2D eigenvalue weighted by atomic mass is 32.1. The molecule has 0 bridgehead atoms. The van der Waals surface area contributed by atoms with Crippen LogP contribution in [0.4, 0.5) is 0 Å². The molecule has 4 nitrogen and oxygen atoms in total. The van der Waals surface area contributed by atoms with Crippen molar-refractivity contribution in [1.82, 2.24) is 19.6 Å². The minimum Gasteiger partial charge on any atom is -0.252 e. The van der Waals surface area contributed by atoms with Gasteiger partial charge in [-0.05, 0) is 6.07 Å². The molecule has 3 rings (SSSR count). The van der Waals surface area contributed by atoms with Gasteiger partial charge in [-0.15, -0.1) is 11.3 Å². The van der Waals surface area contributed by atoms with Gasteiger partial charge in [0.2, 0.25) is 0 Å². The molecular formula is C11H12N4S. The van der Waals surface area contributed by atoms with Gasteiger partial charge in [0, 0.05) is 18.6 Å². The third-order valence-electron chi connectivity index (χ3n) is 1.98. The van der Waals surface area contributed by atoms with Gasteiger partial charge in [-0.25, -0.2) is 9.50 Å². The highest BCUT2D eigenvalue weighted by Gasteiger charge is 2.07. The maximum absolute atomic E-state index is 4.28. The van der Waals surface area contributed by atoms with Crippen LogP contribution in [0.1, 0.15) is 13.8 Å². The molecule has 0 atom stereocenters. The zero-order valence-corrected chi connectivity index (χ0v) is 9.98. The molecule has 0 spiro atoms. The summed E-state index contributed by atoms with van der Waals surface area (Å²) < 4.78 is 1.76. The summed E-state index contributed by atoms with van der Waals surface area (Å²) in [6, 6.07) is 1.86. The fourth-order valence-electron chi connectivity index (χ4n) is 1.35. The maximum Gasteiger partial charge on any atom is 0.163 e. The Morgan fingerprint density at radius 1 is 1.25 bits per heavy atom. The van der Waals surface area contributed by atoms with Gasteiger partial charge >= 0.3 is 0 Å². The molecule has 3 aromatic heterocycles. The smallest absolute Gasteiger partial charge is 0.163 e. The van der Waals surface area contributed by atoms with Gasteiger partial charge in [0.15, 0.2) is 5.65 Å². The van der Waals surface area contributed by atoms with Gasteiger partial charge in [0.05, 0.1) is 22.1 Å². The van der Waals surface area contributed by atoms with Crippen molar-refractivity contribution >= 4 is 17.0 Å².